The minimum Gasteiger partial charge on any atom is -0.362 e. The Morgan fingerprint density at radius 1 is 1.26 bits per heavy atom. The number of fused-ring (bicyclic) bond motifs is 1. The molecule has 1 heterocycles. The van der Waals surface area contributed by atoms with Crippen molar-refractivity contribution >= 4 is 34.8 Å². The summed E-state index contributed by atoms with van der Waals surface area (Å²) in [7, 11) is 0. The fourth-order valence-electron chi connectivity index (χ4n) is 2.96. The van der Waals surface area contributed by atoms with Crippen LogP contribution >= 0.6 is 23.2 Å². The van der Waals surface area contributed by atoms with Gasteiger partial charge in [0, 0.05) is 22.3 Å². The van der Waals surface area contributed by atoms with Gasteiger partial charge in [-0.3, -0.25) is 4.79 Å². The molecule has 3 nitrogen and oxygen atoms in total. The molecule has 0 saturated carbocycles. The molecule has 0 saturated heterocycles. The highest BCUT2D eigenvalue weighted by molar-refractivity contribution is 6.35. The summed E-state index contributed by atoms with van der Waals surface area (Å²) < 4.78 is 0. The number of carbonyl (C=O) groups excluding carboxylic acids is 1. The Labute approximate surface area is 146 Å². The zero-order valence-electron chi connectivity index (χ0n) is 12.9. The van der Waals surface area contributed by atoms with Gasteiger partial charge >= 0.3 is 0 Å². The van der Waals surface area contributed by atoms with Crippen molar-refractivity contribution in [1.82, 2.24) is 5.32 Å². The molecular formula is C18H18Cl2N2O. The Hall–Kier alpha value is -1.71. The van der Waals surface area contributed by atoms with E-state index in [9.17, 15) is 4.79 Å². The van der Waals surface area contributed by atoms with Crippen molar-refractivity contribution in [3.8, 4) is 0 Å². The lowest BCUT2D eigenvalue weighted by molar-refractivity contribution is -0.120. The maximum Gasteiger partial charge on any atom is 0.239 e. The van der Waals surface area contributed by atoms with Gasteiger partial charge in [-0.15, -0.1) is 0 Å². The molecule has 1 aliphatic heterocycles. The summed E-state index contributed by atoms with van der Waals surface area (Å²) in [5.74, 6) is -0.0137. The van der Waals surface area contributed by atoms with E-state index in [2.05, 4.69) is 22.3 Å². The van der Waals surface area contributed by atoms with Crippen molar-refractivity contribution < 1.29 is 4.79 Å². The maximum absolute atomic E-state index is 12.3. The summed E-state index contributed by atoms with van der Waals surface area (Å²) in [5.41, 5.74) is 3.32. The summed E-state index contributed by atoms with van der Waals surface area (Å²) in [4.78, 5) is 14.5. The van der Waals surface area contributed by atoms with Crippen molar-refractivity contribution in [3.63, 3.8) is 0 Å². The largest absolute Gasteiger partial charge is 0.362 e. The normalized spacial score (nSPS) is 14.5. The van der Waals surface area contributed by atoms with E-state index in [4.69, 9.17) is 23.2 Å². The second kappa shape index (κ2) is 6.81. The highest BCUT2D eigenvalue weighted by Gasteiger charge is 2.21. The summed E-state index contributed by atoms with van der Waals surface area (Å²) in [6, 6.07) is 13.4. The SMILES string of the molecule is C[C@H](NC(=O)CN1CCc2ccccc21)c1ccc(Cl)cc1Cl. The number of halogens is 2. The van der Waals surface area contributed by atoms with Crippen LogP contribution in [0.1, 0.15) is 24.1 Å². The van der Waals surface area contributed by atoms with E-state index in [-0.39, 0.29) is 11.9 Å². The molecule has 2 aromatic carbocycles. The summed E-state index contributed by atoms with van der Waals surface area (Å²) in [6.07, 6.45) is 0.988. The third-order valence-corrected chi connectivity index (χ3v) is 4.69. The van der Waals surface area contributed by atoms with Crippen molar-refractivity contribution in [2.24, 2.45) is 0 Å². The molecule has 2 aromatic rings. The number of amides is 1. The molecule has 0 radical (unpaired) electrons. The van der Waals surface area contributed by atoms with E-state index in [1.807, 2.05) is 25.1 Å². The number of hydrogen-bond acceptors (Lipinski definition) is 2. The molecule has 1 amide bonds. The van der Waals surface area contributed by atoms with Crippen LogP contribution in [0.25, 0.3) is 0 Å². The van der Waals surface area contributed by atoms with Crippen LogP contribution in [0.2, 0.25) is 10.0 Å². The number of nitrogens with zero attached hydrogens (tertiary/aromatic N) is 1. The molecule has 0 bridgehead atoms. The monoisotopic (exact) mass is 348 g/mol. The molecule has 0 fully saturated rings. The van der Waals surface area contributed by atoms with E-state index in [1.54, 1.807) is 12.1 Å². The minimum atomic E-state index is -0.162. The molecule has 0 unspecified atom stereocenters. The number of rotatable bonds is 4. The van der Waals surface area contributed by atoms with Crippen LogP contribution in [0.3, 0.4) is 0 Å². The van der Waals surface area contributed by atoms with Crippen molar-refractivity contribution in [3.05, 3.63) is 63.6 Å². The molecule has 0 spiro atoms. The molecule has 3 rings (SSSR count). The molecule has 0 aromatic heterocycles. The van der Waals surface area contributed by atoms with Crippen LogP contribution in [0.15, 0.2) is 42.5 Å². The summed E-state index contributed by atoms with van der Waals surface area (Å²) >= 11 is 12.1. The first-order valence-electron chi connectivity index (χ1n) is 7.62. The Bertz CT molecular complexity index is 733. The molecule has 1 N–H and O–H groups in total. The quantitative estimate of drug-likeness (QED) is 0.896. The van der Waals surface area contributed by atoms with Crippen molar-refractivity contribution in [2.75, 3.05) is 18.0 Å². The smallest absolute Gasteiger partial charge is 0.239 e. The number of nitrogens with one attached hydrogen (secondary N) is 1. The van der Waals surface area contributed by atoms with Gasteiger partial charge in [0.2, 0.25) is 5.91 Å². The van der Waals surface area contributed by atoms with Gasteiger partial charge < -0.3 is 10.2 Å². The van der Waals surface area contributed by atoms with Crippen LogP contribution < -0.4 is 10.2 Å². The molecule has 1 aliphatic rings. The summed E-state index contributed by atoms with van der Waals surface area (Å²) in [5, 5.41) is 4.16. The Morgan fingerprint density at radius 3 is 2.83 bits per heavy atom. The second-order valence-corrected chi connectivity index (χ2v) is 6.60. The van der Waals surface area contributed by atoms with Crippen LogP contribution in [0.5, 0.6) is 0 Å². The predicted molar refractivity (Wildman–Crippen MR) is 95.4 cm³/mol. The lowest BCUT2D eigenvalue weighted by atomic mass is 10.1. The van der Waals surface area contributed by atoms with Gasteiger partial charge in [0.15, 0.2) is 0 Å². The van der Waals surface area contributed by atoms with Crippen molar-refractivity contribution in [1.29, 1.82) is 0 Å². The zero-order chi connectivity index (χ0) is 16.4. The lowest BCUT2D eigenvalue weighted by Crippen LogP contribution is -2.37. The second-order valence-electron chi connectivity index (χ2n) is 5.76. The molecule has 0 aliphatic carbocycles. The van der Waals surface area contributed by atoms with Gasteiger partial charge in [-0.25, -0.2) is 0 Å². The van der Waals surface area contributed by atoms with E-state index in [0.29, 0.717) is 16.6 Å². The fourth-order valence-corrected chi connectivity index (χ4v) is 3.53. The molecule has 120 valence electrons. The maximum atomic E-state index is 12.3. The number of para-hydroxylation sites is 1. The standard InChI is InChI=1S/C18H18Cl2N2O/c1-12(15-7-6-14(19)10-16(15)20)21-18(23)11-22-9-8-13-4-2-3-5-17(13)22/h2-7,10,12H,8-9,11H2,1H3,(H,21,23)/t12-/m0/s1. The first-order valence-corrected chi connectivity index (χ1v) is 8.37. The third kappa shape index (κ3) is 3.62. The average molecular weight is 349 g/mol. The van der Waals surface area contributed by atoms with E-state index < -0.39 is 0 Å². The van der Waals surface area contributed by atoms with Gasteiger partial charge in [-0.1, -0.05) is 47.5 Å². The Kier molecular flexibility index (Phi) is 4.79. The van der Waals surface area contributed by atoms with Crippen LogP contribution in [-0.2, 0) is 11.2 Å². The fraction of sp³-hybridized carbons (Fsp3) is 0.278. The predicted octanol–water partition coefficient (Wildman–Crippen LogP) is 4.23. The van der Waals surface area contributed by atoms with Crippen LogP contribution in [0.4, 0.5) is 5.69 Å². The summed E-state index contributed by atoms with van der Waals surface area (Å²) in [6.45, 7) is 3.15. The lowest BCUT2D eigenvalue weighted by Gasteiger charge is -2.21. The minimum absolute atomic E-state index is 0.0137. The van der Waals surface area contributed by atoms with E-state index >= 15 is 0 Å². The van der Waals surface area contributed by atoms with Crippen molar-refractivity contribution in [2.45, 2.75) is 19.4 Å². The van der Waals surface area contributed by atoms with Gasteiger partial charge in [-0.2, -0.15) is 0 Å². The van der Waals surface area contributed by atoms with E-state index in [0.717, 1.165) is 24.2 Å². The number of carbonyl (C=O) groups is 1. The Morgan fingerprint density at radius 2 is 2.04 bits per heavy atom. The number of hydrogen-bond donors (Lipinski definition) is 1. The van der Waals surface area contributed by atoms with Crippen LogP contribution in [0, 0.1) is 0 Å². The highest BCUT2D eigenvalue weighted by Crippen LogP contribution is 2.28. The van der Waals surface area contributed by atoms with Gasteiger partial charge in [0.1, 0.15) is 0 Å². The topological polar surface area (TPSA) is 32.3 Å². The van der Waals surface area contributed by atoms with Gasteiger partial charge in [0.05, 0.1) is 12.6 Å². The first-order chi connectivity index (χ1) is 11.0. The first kappa shape index (κ1) is 16.2. The molecule has 5 heteroatoms. The average Bonchev–Trinajstić information content (AvgIpc) is 2.90. The highest BCUT2D eigenvalue weighted by atomic mass is 35.5. The molecular weight excluding hydrogens is 331 g/mol. The number of benzene rings is 2. The van der Waals surface area contributed by atoms with Gasteiger partial charge in [0.25, 0.3) is 0 Å². The van der Waals surface area contributed by atoms with Crippen LogP contribution in [-0.4, -0.2) is 19.0 Å². The van der Waals surface area contributed by atoms with Gasteiger partial charge in [-0.05, 0) is 42.7 Å². The zero-order valence-corrected chi connectivity index (χ0v) is 14.4. The Balaban J connectivity index is 1.64. The molecule has 1 atom stereocenters. The number of anilines is 1. The van der Waals surface area contributed by atoms with E-state index in [1.165, 1.54) is 5.56 Å². The third-order valence-electron chi connectivity index (χ3n) is 4.12. The molecule has 23 heavy (non-hydrogen) atoms.